The summed E-state index contributed by atoms with van der Waals surface area (Å²) in [4.78, 5) is 11.0. The van der Waals surface area contributed by atoms with Crippen LogP contribution in [0.25, 0.3) is 0 Å². The summed E-state index contributed by atoms with van der Waals surface area (Å²) in [5, 5.41) is 27.4. The summed E-state index contributed by atoms with van der Waals surface area (Å²) < 4.78 is 0. The fraction of sp³-hybridized carbons (Fsp3) is 0.364. The van der Waals surface area contributed by atoms with E-state index < -0.39 is 24.6 Å². The Morgan fingerprint density at radius 3 is 2.62 bits per heavy atom. The number of hydrogen-bond donors (Lipinski definition) is 3. The van der Waals surface area contributed by atoms with E-state index in [0.29, 0.717) is 10.6 Å². The number of benzene rings is 1. The van der Waals surface area contributed by atoms with Crippen molar-refractivity contribution >= 4 is 17.6 Å². The van der Waals surface area contributed by atoms with Crippen molar-refractivity contribution in [3.63, 3.8) is 0 Å². The van der Waals surface area contributed by atoms with Crippen LogP contribution in [-0.2, 0) is 4.79 Å². The minimum Gasteiger partial charge on any atom is -0.481 e. The zero-order chi connectivity index (χ0) is 12.1. The average Bonchev–Trinajstić information content (AvgIpc) is 2.25. The van der Waals surface area contributed by atoms with Crippen molar-refractivity contribution in [1.82, 2.24) is 0 Å². The molecule has 4 nitrogen and oxygen atoms in total. The Bertz CT molecular complexity index is 367. The van der Waals surface area contributed by atoms with Crippen LogP contribution in [0.15, 0.2) is 24.3 Å². The van der Waals surface area contributed by atoms with Crippen molar-refractivity contribution in [2.45, 2.75) is 18.4 Å². The minimum absolute atomic E-state index is 0.0355. The first-order chi connectivity index (χ1) is 7.54. The third kappa shape index (κ3) is 3.48. The van der Waals surface area contributed by atoms with Gasteiger partial charge in [-0.05, 0) is 24.1 Å². The Morgan fingerprint density at radius 1 is 1.44 bits per heavy atom. The van der Waals surface area contributed by atoms with Gasteiger partial charge in [0.05, 0.1) is 18.6 Å². The van der Waals surface area contributed by atoms with Gasteiger partial charge in [-0.1, -0.05) is 23.7 Å². The maximum atomic E-state index is 11.0. The quantitative estimate of drug-likeness (QED) is 0.729. The van der Waals surface area contributed by atoms with Crippen LogP contribution < -0.4 is 0 Å². The van der Waals surface area contributed by atoms with Gasteiger partial charge in [-0.25, -0.2) is 0 Å². The summed E-state index contributed by atoms with van der Waals surface area (Å²) in [5.74, 6) is -1.91. The van der Waals surface area contributed by atoms with Crippen LogP contribution in [0.4, 0.5) is 0 Å². The number of aliphatic hydroxyl groups is 2. The van der Waals surface area contributed by atoms with Crippen LogP contribution in [0, 0.1) is 0 Å². The van der Waals surface area contributed by atoms with Gasteiger partial charge in [-0.3, -0.25) is 4.79 Å². The van der Waals surface area contributed by atoms with Gasteiger partial charge in [0.25, 0.3) is 0 Å². The number of aliphatic carboxylic acids is 1. The average molecular weight is 245 g/mol. The molecule has 1 rings (SSSR count). The number of carboxylic acids is 1. The van der Waals surface area contributed by atoms with Gasteiger partial charge in [0.15, 0.2) is 0 Å². The first-order valence-electron chi connectivity index (χ1n) is 4.81. The van der Waals surface area contributed by atoms with E-state index in [4.69, 9.17) is 21.8 Å². The Labute approximate surface area is 98.1 Å². The molecule has 0 aliphatic carbocycles. The first-order valence-corrected chi connectivity index (χ1v) is 5.19. The molecule has 0 saturated heterocycles. The smallest absolute Gasteiger partial charge is 0.311 e. The molecule has 0 saturated carbocycles. The molecule has 2 unspecified atom stereocenters. The van der Waals surface area contributed by atoms with Crippen molar-refractivity contribution in [3.8, 4) is 0 Å². The minimum atomic E-state index is -1.05. The predicted molar refractivity (Wildman–Crippen MR) is 59.5 cm³/mol. The molecule has 88 valence electrons. The second-order valence-corrected chi connectivity index (χ2v) is 3.95. The van der Waals surface area contributed by atoms with Crippen LogP contribution in [0.3, 0.4) is 0 Å². The summed E-state index contributed by atoms with van der Waals surface area (Å²) in [5.41, 5.74) is 0.521. The van der Waals surface area contributed by atoms with E-state index in [1.165, 1.54) is 0 Å². The van der Waals surface area contributed by atoms with Crippen molar-refractivity contribution in [3.05, 3.63) is 34.9 Å². The molecule has 0 amide bonds. The Hall–Kier alpha value is -1.10. The molecule has 0 bridgehead atoms. The van der Waals surface area contributed by atoms with Crippen molar-refractivity contribution in [2.75, 3.05) is 6.61 Å². The normalized spacial score (nSPS) is 14.4. The summed E-state index contributed by atoms with van der Waals surface area (Å²) in [6, 6.07) is 6.48. The summed E-state index contributed by atoms with van der Waals surface area (Å²) in [6.45, 7) is -0.454. The lowest BCUT2D eigenvalue weighted by Gasteiger charge is -2.15. The van der Waals surface area contributed by atoms with Crippen molar-refractivity contribution in [1.29, 1.82) is 0 Å². The fourth-order valence-corrected chi connectivity index (χ4v) is 1.65. The largest absolute Gasteiger partial charge is 0.481 e. The lowest BCUT2D eigenvalue weighted by Crippen LogP contribution is -2.21. The lowest BCUT2D eigenvalue weighted by molar-refractivity contribution is -0.139. The zero-order valence-corrected chi connectivity index (χ0v) is 9.26. The van der Waals surface area contributed by atoms with Gasteiger partial charge in [-0.15, -0.1) is 0 Å². The van der Waals surface area contributed by atoms with Crippen LogP contribution in [0.5, 0.6) is 0 Å². The van der Waals surface area contributed by atoms with Gasteiger partial charge < -0.3 is 15.3 Å². The maximum absolute atomic E-state index is 11.0. The van der Waals surface area contributed by atoms with E-state index in [-0.39, 0.29) is 6.42 Å². The van der Waals surface area contributed by atoms with E-state index in [1.54, 1.807) is 24.3 Å². The van der Waals surface area contributed by atoms with E-state index in [0.717, 1.165) is 0 Å². The fourth-order valence-electron chi connectivity index (χ4n) is 1.45. The van der Waals surface area contributed by atoms with E-state index >= 15 is 0 Å². The number of halogens is 1. The molecular formula is C11H13ClO4. The number of carbonyl (C=O) groups is 1. The SMILES string of the molecule is O=C(O)C(CC(O)CO)c1cccc(Cl)c1. The third-order valence-electron chi connectivity index (χ3n) is 2.27. The molecule has 16 heavy (non-hydrogen) atoms. The number of hydrogen-bond acceptors (Lipinski definition) is 3. The van der Waals surface area contributed by atoms with E-state index in [2.05, 4.69) is 0 Å². The number of rotatable bonds is 5. The van der Waals surface area contributed by atoms with Gasteiger partial charge >= 0.3 is 5.97 Å². The highest BCUT2D eigenvalue weighted by Gasteiger charge is 2.23. The molecule has 0 heterocycles. The molecule has 5 heteroatoms. The van der Waals surface area contributed by atoms with Gasteiger partial charge in [0.1, 0.15) is 0 Å². The Balaban J connectivity index is 2.89. The molecule has 1 aromatic rings. The monoisotopic (exact) mass is 244 g/mol. The van der Waals surface area contributed by atoms with Crippen LogP contribution >= 0.6 is 11.6 Å². The zero-order valence-electron chi connectivity index (χ0n) is 8.51. The molecule has 0 fully saturated rings. The molecule has 0 aliphatic rings. The third-order valence-corrected chi connectivity index (χ3v) is 2.50. The van der Waals surface area contributed by atoms with E-state index in [1.807, 2.05) is 0 Å². The van der Waals surface area contributed by atoms with Crippen LogP contribution in [-0.4, -0.2) is 34.0 Å². The number of aliphatic hydroxyl groups excluding tert-OH is 2. The van der Waals surface area contributed by atoms with Crippen molar-refractivity contribution < 1.29 is 20.1 Å². The van der Waals surface area contributed by atoms with Crippen LogP contribution in [0.1, 0.15) is 17.9 Å². The van der Waals surface area contributed by atoms with E-state index in [9.17, 15) is 9.90 Å². The molecule has 3 N–H and O–H groups in total. The Morgan fingerprint density at radius 2 is 2.12 bits per heavy atom. The first kappa shape index (κ1) is 13.0. The Kier molecular flexibility index (Phi) is 4.73. The summed E-state index contributed by atoms with van der Waals surface area (Å²) in [6.07, 6.45) is -1.08. The second-order valence-electron chi connectivity index (χ2n) is 3.52. The highest BCUT2D eigenvalue weighted by atomic mass is 35.5. The van der Waals surface area contributed by atoms with Gasteiger partial charge in [0, 0.05) is 5.02 Å². The molecule has 2 atom stereocenters. The molecule has 0 spiro atoms. The van der Waals surface area contributed by atoms with Gasteiger partial charge in [0.2, 0.25) is 0 Å². The standard InChI is InChI=1S/C11H13ClO4/c12-8-3-1-2-7(4-8)10(11(15)16)5-9(14)6-13/h1-4,9-10,13-14H,5-6H2,(H,15,16). The number of carboxylic acid groups (broad SMARTS) is 1. The second kappa shape index (κ2) is 5.84. The highest BCUT2D eigenvalue weighted by Crippen LogP contribution is 2.24. The maximum Gasteiger partial charge on any atom is 0.311 e. The molecule has 0 aromatic heterocycles. The molecule has 1 aromatic carbocycles. The predicted octanol–water partition coefficient (Wildman–Crippen LogP) is 1.25. The topological polar surface area (TPSA) is 77.8 Å². The summed E-state index contributed by atoms with van der Waals surface area (Å²) >= 11 is 5.76. The molecule has 0 aliphatic heterocycles. The molecular weight excluding hydrogens is 232 g/mol. The van der Waals surface area contributed by atoms with Crippen LogP contribution in [0.2, 0.25) is 5.02 Å². The molecule has 0 radical (unpaired) electrons. The summed E-state index contributed by atoms with van der Waals surface area (Å²) in [7, 11) is 0. The van der Waals surface area contributed by atoms with Crippen molar-refractivity contribution in [2.24, 2.45) is 0 Å². The van der Waals surface area contributed by atoms with Gasteiger partial charge in [-0.2, -0.15) is 0 Å². The lowest BCUT2D eigenvalue weighted by atomic mass is 9.93. The highest BCUT2D eigenvalue weighted by molar-refractivity contribution is 6.30.